The molecular weight excluding hydrogens is 354 g/mol. The van der Waals surface area contributed by atoms with E-state index >= 15 is 0 Å². The van der Waals surface area contributed by atoms with Crippen molar-refractivity contribution in [2.45, 2.75) is 24.8 Å². The first-order chi connectivity index (χ1) is 12.1. The third-order valence-corrected chi connectivity index (χ3v) is 5.44. The number of amides is 1. The van der Waals surface area contributed by atoms with Crippen LogP contribution in [-0.4, -0.2) is 27.8 Å². The molecule has 1 amide bonds. The van der Waals surface area contributed by atoms with Crippen molar-refractivity contribution < 1.29 is 4.79 Å². The Labute approximate surface area is 156 Å². The molecule has 0 atom stereocenters. The van der Waals surface area contributed by atoms with Gasteiger partial charge in [0.05, 0.1) is 21.8 Å². The van der Waals surface area contributed by atoms with Gasteiger partial charge in [-0.25, -0.2) is 4.98 Å². The molecule has 0 radical (unpaired) electrons. The van der Waals surface area contributed by atoms with Crippen molar-refractivity contribution in [1.29, 1.82) is 0 Å². The third-order valence-electron chi connectivity index (χ3n) is 3.92. The highest BCUT2D eigenvalue weighted by Gasteiger charge is 2.07. The largest absolute Gasteiger partial charge is 0.355 e. The van der Waals surface area contributed by atoms with E-state index in [1.54, 1.807) is 0 Å². The lowest BCUT2D eigenvalue weighted by molar-refractivity contribution is -0.118. The molecule has 0 saturated carbocycles. The van der Waals surface area contributed by atoms with Gasteiger partial charge in [0.25, 0.3) is 0 Å². The number of hydrogen-bond acceptors (Lipinski definition) is 3. The van der Waals surface area contributed by atoms with E-state index in [1.807, 2.05) is 49.4 Å². The van der Waals surface area contributed by atoms with Crippen LogP contribution in [-0.2, 0) is 11.3 Å². The molecule has 25 heavy (non-hydrogen) atoms. The zero-order chi connectivity index (χ0) is 17.6. The topological polar surface area (TPSA) is 46.9 Å². The molecule has 1 aromatic heterocycles. The van der Waals surface area contributed by atoms with Gasteiger partial charge in [-0.05, 0) is 37.6 Å². The molecule has 0 spiro atoms. The van der Waals surface area contributed by atoms with Gasteiger partial charge in [-0.1, -0.05) is 35.9 Å². The number of para-hydroxylation sites is 2. The Hall–Kier alpha value is -1.98. The summed E-state index contributed by atoms with van der Waals surface area (Å²) in [7, 11) is 0. The number of carbonyl (C=O) groups is 1. The first-order valence-corrected chi connectivity index (χ1v) is 9.57. The zero-order valence-corrected chi connectivity index (χ0v) is 15.6. The van der Waals surface area contributed by atoms with E-state index in [2.05, 4.69) is 20.9 Å². The van der Waals surface area contributed by atoms with Crippen LogP contribution in [0.5, 0.6) is 0 Å². The summed E-state index contributed by atoms with van der Waals surface area (Å²) in [6.07, 6.45) is 0.865. The average molecular weight is 374 g/mol. The van der Waals surface area contributed by atoms with Crippen molar-refractivity contribution in [1.82, 2.24) is 14.9 Å². The summed E-state index contributed by atoms with van der Waals surface area (Å²) in [6, 6.07) is 15.7. The maximum atomic E-state index is 12.0. The number of halogens is 1. The van der Waals surface area contributed by atoms with Crippen molar-refractivity contribution in [2.24, 2.45) is 0 Å². The fraction of sp³-hybridized carbons (Fsp3) is 0.263. The van der Waals surface area contributed by atoms with E-state index in [1.165, 1.54) is 11.8 Å². The summed E-state index contributed by atoms with van der Waals surface area (Å²) >= 11 is 7.55. The number of rotatable bonds is 7. The molecule has 0 fully saturated rings. The second-order valence-corrected chi connectivity index (χ2v) is 7.15. The number of benzene rings is 2. The number of aryl methyl sites for hydroxylation is 2. The van der Waals surface area contributed by atoms with Crippen molar-refractivity contribution in [3.05, 3.63) is 59.4 Å². The lowest BCUT2D eigenvalue weighted by Crippen LogP contribution is -2.26. The molecule has 3 aromatic rings. The van der Waals surface area contributed by atoms with Crippen molar-refractivity contribution in [3.8, 4) is 0 Å². The zero-order valence-electron chi connectivity index (χ0n) is 14.0. The van der Waals surface area contributed by atoms with Gasteiger partial charge in [-0.3, -0.25) is 4.79 Å². The smallest absolute Gasteiger partial charge is 0.230 e. The first-order valence-electron chi connectivity index (χ1n) is 8.21. The molecule has 1 N–H and O–H groups in total. The fourth-order valence-corrected chi connectivity index (χ4v) is 3.77. The minimum Gasteiger partial charge on any atom is -0.355 e. The highest BCUT2D eigenvalue weighted by atomic mass is 35.5. The van der Waals surface area contributed by atoms with Crippen LogP contribution in [0.2, 0.25) is 5.02 Å². The molecule has 0 saturated heterocycles. The second kappa shape index (κ2) is 8.41. The summed E-state index contributed by atoms with van der Waals surface area (Å²) in [5.74, 6) is 1.40. The van der Waals surface area contributed by atoms with Crippen LogP contribution in [0.25, 0.3) is 11.0 Å². The van der Waals surface area contributed by atoms with Crippen molar-refractivity contribution in [3.63, 3.8) is 0 Å². The Morgan fingerprint density at radius 3 is 2.80 bits per heavy atom. The number of nitrogens with zero attached hydrogens (tertiary/aromatic N) is 2. The number of hydrogen-bond donors (Lipinski definition) is 1. The molecule has 130 valence electrons. The molecule has 0 aliphatic carbocycles. The van der Waals surface area contributed by atoms with E-state index in [0.717, 1.165) is 34.7 Å². The van der Waals surface area contributed by atoms with Gasteiger partial charge in [0, 0.05) is 18.0 Å². The Kier molecular flexibility index (Phi) is 6.00. The number of imidazole rings is 1. The number of thioether (sulfide) groups is 1. The maximum Gasteiger partial charge on any atom is 0.230 e. The van der Waals surface area contributed by atoms with Crippen LogP contribution >= 0.6 is 23.4 Å². The molecule has 0 aliphatic rings. The monoisotopic (exact) mass is 373 g/mol. The van der Waals surface area contributed by atoms with E-state index in [-0.39, 0.29) is 5.91 Å². The Bertz CT molecular complexity index is 878. The van der Waals surface area contributed by atoms with E-state index in [0.29, 0.717) is 17.3 Å². The van der Waals surface area contributed by atoms with Crippen molar-refractivity contribution >= 4 is 40.3 Å². The van der Waals surface area contributed by atoms with Gasteiger partial charge in [0.1, 0.15) is 5.82 Å². The molecular formula is C19H20ClN3OS. The molecule has 4 nitrogen and oxygen atoms in total. The molecule has 1 heterocycles. The third kappa shape index (κ3) is 4.55. The van der Waals surface area contributed by atoms with Crippen LogP contribution in [0, 0.1) is 6.92 Å². The molecule has 2 aromatic carbocycles. The number of nitrogens with one attached hydrogen (secondary N) is 1. The maximum absolute atomic E-state index is 12.0. The number of fused-ring (bicyclic) bond motifs is 1. The van der Waals surface area contributed by atoms with Gasteiger partial charge >= 0.3 is 0 Å². The Balaban J connectivity index is 1.44. The molecule has 3 rings (SSSR count). The highest BCUT2D eigenvalue weighted by molar-refractivity contribution is 8.00. The first kappa shape index (κ1) is 17.8. The van der Waals surface area contributed by atoms with Crippen LogP contribution in [0.1, 0.15) is 12.2 Å². The molecule has 0 aliphatic heterocycles. The lowest BCUT2D eigenvalue weighted by atomic mass is 10.3. The predicted octanol–water partition coefficient (Wildman–Crippen LogP) is 4.30. The Morgan fingerprint density at radius 2 is 1.96 bits per heavy atom. The van der Waals surface area contributed by atoms with E-state index in [9.17, 15) is 4.79 Å². The standard InChI is InChI=1S/C19H20ClN3OS/c1-14-22-16-8-3-4-9-17(16)23(14)12-6-11-21-19(24)13-25-18-10-5-2-7-15(18)20/h2-5,7-10H,6,11-13H2,1H3,(H,21,24). The minimum absolute atomic E-state index is 0.0251. The van der Waals surface area contributed by atoms with Crippen LogP contribution < -0.4 is 5.32 Å². The van der Waals surface area contributed by atoms with E-state index in [4.69, 9.17) is 11.6 Å². The minimum atomic E-state index is 0.0251. The van der Waals surface area contributed by atoms with Crippen LogP contribution in [0.3, 0.4) is 0 Å². The molecule has 0 unspecified atom stereocenters. The summed E-state index contributed by atoms with van der Waals surface area (Å²) in [4.78, 5) is 17.5. The number of carbonyl (C=O) groups excluding carboxylic acids is 1. The molecule has 0 bridgehead atoms. The normalized spacial score (nSPS) is 11.0. The lowest BCUT2D eigenvalue weighted by Gasteiger charge is -2.08. The van der Waals surface area contributed by atoms with Gasteiger partial charge in [0.2, 0.25) is 5.91 Å². The quantitative estimate of drug-likeness (QED) is 0.496. The fourth-order valence-electron chi connectivity index (χ4n) is 2.70. The van der Waals surface area contributed by atoms with Gasteiger partial charge in [-0.2, -0.15) is 0 Å². The summed E-state index contributed by atoms with van der Waals surface area (Å²) in [5.41, 5.74) is 2.15. The summed E-state index contributed by atoms with van der Waals surface area (Å²) in [5, 5.41) is 3.65. The van der Waals surface area contributed by atoms with Crippen LogP contribution in [0.15, 0.2) is 53.4 Å². The Morgan fingerprint density at radius 1 is 1.20 bits per heavy atom. The van der Waals surface area contributed by atoms with Gasteiger partial charge in [-0.15, -0.1) is 11.8 Å². The SMILES string of the molecule is Cc1nc2ccccc2n1CCCNC(=O)CSc1ccccc1Cl. The summed E-state index contributed by atoms with van der Waals surface area (Å²) in [6.45, 7) is 3.50. The molecule has 6 heteroatoms. The van der Waals surface area contributed by atoms with Gasteiger partial charge in [0.15, 0.2) is 0 Å². The predicted molar refractivity (Wildman–Crippen MR) is 104 cm³/mol. The average Bonchev–Trinajstić information content (AvgIpc) is 2.93. The highest BCUT2D eigenvalue weighted by Crippen LogP contribution is 2.26. The number of aromatic nitrogens is 2. The van der Waals surface area contributed by atoms with Crippen molar-refractivity contribution in [2.75, 3.05) is 12.3 Å². The van der Waals surface area contributed by atoms with E-state index < -0.39 is 0 Å². The van der Waals surface area contributed by atoms with Gasteiger partial charge < -0.3 is 9.88 Å². The second-order valence-electron chi connectivity index (χ2n) is 5.72. The van der Waals surface area contributed by atoms with Crippen LogP contribution in [0.4, 0.5) is 0 Å². The summed E-state index contributed by atoms with van der Waals surface area (Å²) < 4.78 is 2.19.